The zero-order chi connectivity index (χ0) is 59.2. The van der Waals surface area contributed by atoms with Crippen LogP contribution in [0.25, 0.3) is 0 Å². The van der Waals surface area contributed by atoms with Gasteiger partial charge in [-0.05, 0) is 64.2 Å². The van der Waals surface area contributed by atoms with Crippen molar-refractivity contribution in [3.05, 3.63) is 60.8 Å². The fourth-order valence-corrected chi connectivity index (χ4v) is 10.9. The Bertz CT molecular complexity index is 1460. The topological polar surface area (TPSA) is 78.9 Å². The first-order chi connectivity index (χ1) is 40.5. The summed E-state index contributed by atoms with van der Waals surface area (Å²) in [5.41, 5.74) is 0. The summed E-state index contributed by atoms with van der Waals surface area (Å²) in [5, 5.41) is 0. The minimum absolute atomic E-state index is 0.0676. The Morgan fingerprint density at radius 1 is 0.256 bits per heavy atom. The fourth-order valence-electron chi connectivity index (χ4n) is 10.9. The van der Waals surface area contributed by atoms with E-state index in [4.69, 9.17) is 14.2 Å². The average Bonchev–Trinajstić information content (AvgIpc) is 3.47. The van der Waals surface area contributed by atoms with E-state index < -0.39 is 6.10 Å². The first-order valence-corrected chi connectivity index (χ1v) is 36.3. The molecule has 82 heavy (non-hydrogen) atoms. The second-order valence-electron chi connectivity index (χ2n) is 24.5. The van der Waals surface area contributed by atoms with Crippen molar-refractivity contribution in [2.45, 2.75) is 393 Å². The third-order valence-corrected chi connectivity index (χ3v) is 16.3. The van der Waals surface area contributed by atoms with Crippen LogP contribution in [0, 0.1) is 0 Å². The molecule has 0 aliphatic heterocycles. The molecule has 0 aliphatic carbocycles. The van der Waals surface area contributed by atoms with Crippen molar-refractivity contribution < 1.29 is 28.6 Å². The summed E-state index contributed by atoms with van der Waals surface area (Å²) in [6, 6.07) is 0. The van der Waals surface area contributed by atoms with E-state index in [9.17, 15) is 14.4 Å². The van der Waals surface area contributed by atoms with Gasteiger partial charge < -0.3 is 14.2 Å². The van der Waals surface area contributed by atoms with E-state index in [0.717, 1.165) is 89.9 Å². The van der Waals surface area contributed by atoms with Crippen LogP contribution in [0.15, 0.2) is 60.8 Å². The van der Waals surface area contributed by atoms with Crippen molar-refractivity contribution in [3.8, 4) is 0 Å². The number of allylic oxidation sites excluding steroid dienone is 10. The predicted molar refractivity (Wildman–Crippen MR) is 358 cm³/mol. The van der Waals surface area contributed by atoms with Gasteiger partial charge in [0.25, 0.3) is 0 Å². The van der Waals surface area contributed by atoms with Crippen molar-refractivity contribution in [1.82, 2.24) is 0 Å². The number of ether oxygens (including phenoxy) is 3. The van der Waals surface area contributed by atoms with E-state index in [1.54, 1.807) is 0 Å². The molecule has 0 amide bonds. The predicted octanol–water partition coefficient (Wildman–Crippen LogP) is 25.1. The lowest BCUT2D eigenvalue weighted by molar-refractivity contribution is -0.167. The fraction of sp³-hybridized carbons (Fsp3) is 0.829. The molecule has 0 aliphatic rings. The minimum Gasteiger partial charge on any atom is -0.462 e. The van der Waals surface area contributed by atoms with Crippen molar-refractivity contribution in [2.75, 3.05) is 13.2 Å². The normalized spacial score (nSPS) is 12.4. The highest BCUT2D eigenvalue weighted by Crippen LogP contribution is 2.19. The molecule has 6 nitrogen and oxygen atoms in total. The highest BCUT2D eigenvalue weighted by Gasteiger charge is 2.19. The van der Waals surface area contributed by atoms with Gasteiger partial charge in [0.05, 0.1) is 0 Å². The lowest BCUT2D eigenvalue weighted by atomic mass is 10.0. The second kappa shape index (κ2) is 70.6. The van der Waals surface area contributed by atoms with Crippen LogP contribution in [-0.2, 0) is 28.6 Å². The van der Waals surface area contributed by atoms with Crippen LogP contribution >= 0.6 is 0 Å². The molecular weight excluding hydrogens is 1010 g/mol. The van der Waals surface area contributed by atoms with Crippen LogP contribution in [0.5, 0.6) is 0 Å². The molecule has 0 aromatic heterocycles. The van der Waals surface area contributed by atoms with Gasteiger partial charge in [0.15, 0.2) is 6.10 Å². The lowest BCUT2D eigenvalue weighted by Crippen LogP contribution is -2.30. The highest BCUT2D eigenvalue weighted by atomic mass is 16.6. The molecule has 478 valence electrons. The van der Waals surface area contributed by atoms with Gasteiger partial charge in [-0.1, -0.05) is 364 Å². The largest absolute Gasteiger partial charge is 0.462 e. The standard InChI is InChI=1S/C76H138O6/c1-4-7-10-13-16-19-21-23-25-27-29-31-33-35-36-37-38-39-40-42-43-45-47-49-51-53-55-57-60-63-66-69-75(78)81-72-73(71-80-74(77)68-65-62-59-18-15-12-9-6-3)82-76(79)70-67-64-61-58-56-54-52-50-48-46-44-41-34-32-30-28-26-24-22-20-17-14-11-8-5-2/h7,10,16,19,23,25,29,31,35-36,73H,4-6,8-9,11-15,17-18,20-22,24,26-28,30,32-34,37-72H2,1-3H3/b10-7-,19-16-,25-23-,31-29-,36-35-. The molecule has 0 bridgehead atoms. The van der Waals surface area contributed by atoms with E-state index >= 15 is 0 Å². The molecule has 0 rings (SSSR count). The van der Waals surface area contributed by atoms with Gasteiger partial charge in [0.2, 0.25) is 0 Å². The van der Waals surface area contributed by atoms with Crippen LogP contribution < -0.4 is 0 Å². The second-order valence-corrected chi connectivity index (χ2v) is 24.5. The highest BCUT2D eigenvalue weighted by molar-refractivity contribution is 5.71. The van der Waals surface area contributed by atoms with Gasteiger partial charge in [0, 0.05) is 19.3 Å². The molecule has 6 heteroatoms. The smallest absolute Gasteiger partial charge is 0.306 e. The molecule has 0 aromatic rings. The van der Waals surface area contributed by atoms with Crippen LogP contribution in [0.4, 0.5) is 0 Å². The molecule has 0 radical (unpaired) electrons. The quantitative estimate of drug-likeness (QED) is 0.0261. The molecule has 0 heterocycles. The van der Waals surface area contributed by atoms with E-state index in [1.807, 2.05) is 0 Å². The van der Waals surface area contributed by atoms with E-state index in [-0.39, 0.29) is 31.1 Å². The molecular formula is C76H138O6. The summed E-state index contributed by atoms with van der Waals surface area (Å²) < 4.78 is 16.9. The summed E-state index contributed by atoms with van der Waals surface area (Å²) in [6.45, 7) is 6.56. The van der Waals surface area contributed by atoms with E-state index in [1.165, 1.54) is 257 Å². The minimum atomic E-state index is -0.769. The van der Waals surface area contributed by atoms with Crippen molar-refractivity contribution in [3.63, 3.8) is 0 Å². The zero-order valence-corrected chi connectivity index (χ0v) is 55.0. The van der Waals surface area contributed by atoms with Gasteiger partial charge in [-0.3, -0.25) is 14.4 Å². The number of rotatable bonds is 67. The maximum Gasteiger partial charge on any atom is 0.306 e. The summed E-state index contributed by atoms with van der Waals surface area (Å²) in [6.07, 6.45) is 91.4. The first-order valence-electron chi connectivity index (χ1n) is 36.3. The van der Waals surface area contributed by atoms with Gasteiger partial charge in [0.1, 0.15) is 13.2 Å². The Kier molecular flexibility index (Phi) is 68.1. The first kappa shape index (κ1) is 79.1. The average molecular weight is 1150 g/mol. The van der Waals surface area contributed by atoms with Gasteiger partial charge >= 0.3 is 17.9 Å². The Morgan fingerprint density at radius 3 is 0.744 bits per heavy atom. The number of esters is 3. The monoisotopic (exact) mass is 1150 g/mol. The number of hydrogen-bond donors (Lipinski definition) is 0. The van der Waals surface area contributed by atoms with Crippen LogP contribution in [0.1, 0.15) is 387 Å². The number of carbonyl (C=O) groups is 3. The van der Waals surface area contributed by atoms with Gasteiger partial charge in [-0.25, -0.2) is 0 Å². The molecule has 1 atom stereocenters. The Hall–Kier alpha value is -2.89. The SMILES string of the molecule is CC/C=C\C/C=C\C/C=C\C/C=C\C/C=C\CCCCCCCCCCCCCCCCCC(=O)OCC(COC(=O)CCCCCCCCCC)OC(=O)CCCCCCCCCCCCCCCCCCCCCCCCCCC. The molecule has 1 unspecified atom stereocenters. The van der Waals surface area contributed by atoms with Crippen molar-refractivity contribution in [1.29, 1.82) is 0 Å². The van der Waals surface area contributed by atoms with Crippen LogP contribution in [0.3, 0.4) is 0 Å². The number of carbonyl (C=O) groups excluding carboxylic acids is 3. The van der Waals surface area contributed by atoms with Crippen molar-refractivity contribution in [2.24, 2.45) is 0 Å². The van der Waals surface area contributed by atoms with E-state index in [0.29, 0.717) is 19.3 Å². The number of hydrogen-bond acceptors (Lipinski definition) is 6. The summed E-state index contributed by atoms with van der Waals surface area (Å²) in [4.78, 5) is 38.3. The Morgan fingerprint density at radius 2 is 0.476 bits per heavy atom. The van der Waals surface area contributed by atoms with Crippen LogP contribution in [-0.4, -0.2) is 37.2 Å². The third-order valence-electron chi connectivity index (χ3n) is 16.3. The molecule has 0 spiro atoms. The van der Waals surface area contributed by atoms with Gasteiger partial charge in [-0.2, -0.15) is 0 Å². The van der Waals surface area contributed by atoms with E-state index in [2.05, 4.69) is 81.5 Å². The lowest BCUT2D eigenvalue weighted by Gasteiger charge is -2.18. The summed E-state index contributed by atoms with van der Waals surface area (Å²) >= 11 is 0. The van der Waals surface area contributed by atoms with Gasteiger partial charge in [-0.15, -0.1) is 0 Å². The summed E-state index contributed by atoms with van der Waals surface area (Å²) in [5.74, 6) is -0.846. The molecule has 0 aromatic carbocycles. The molecule has 0 N–H and O–H groups in total. The third kappa shape index (κ3) is 67.9. The summed E-state index contributed by atoms with van der Waals surface area (Å²) in [7, 11) is 0. The molecule has 0 saturated carbocycles. The number of unbranched alkanes of at least 4 members (excludes halogenated alkanes) is 46. The molecule has 0 fully saturated rings. The Balaban J connectivity index is 4.05. The zero-order valence-electron chi connectivity index (χ0n) is 55.0. The Labute approximate surface area is 510 Å². The maximum atomic E-state index is 12.9. The van der Waals surface area contributed by atoms with Crippen molar-refractivity contribution >= 4 is 17.9 Å². The molecule has 0 saturated heterocycles. The van der Waals surface area contributed by atoms with Crippen LogP contribution in [0.2, 0.25) is 0 Å². The maximum absolute atomic E-state index is 12.9.